The van der Waals surface area contributed by atoms with Gasteiger partial charge in [-0.2, -0.15) is 0 Å². The molecule has 0 heterocycles. The smallest absolute Gasteiger partial charge is 0.341 e. The summed E-state index contributed by atoms with van der Waals surface area (Å²) in [6, 6.07) is 1.76. The molecule has 1 aromatic rings. The van der Waals surface area contributed by atoms with Crippen LogP contribution in [-0.2, 0) is 16.0 Å². The summed E-state index contributed by atoms with van der Waals surface area (Å²) in [5, 5.41) is 9.28. The van der Waals surface area contributed by atoms with Gasteiger partial charge in [0.15, 0.2) is 12.4 Å². The van der Waals surface area contributed by atoms with Crippen LogP contribution in [0.5, 0.6) is 5.75 Å². The number of benzene rings is 1. The number of ether oxygens (including phenoxy) is 1. The van der Waals surface area contributed by atoms with Gasteiger partial charge in [-0.25, -0.2) is 4.79 Å². The zero-order valence-electron chi connectivity index (χ0n) is 12.6. The first-order chi connectivity index (χ1) is 10.9. The number of rotatable bonds is 4. The lowest BCUT2D eigenvalue weighted by Gasteiger charge is -2.32. The summed E-state index contributed by atoms with van der Waals surface area (Å²) >= 11 is 12.7. The molecule has 2 aliphatic rings. The minimum atomic E-state index is -1.08. The normalized spacial score (nSPS) is 22.4. The van der Waals surface area contributed by atoms with Crippen molar-refractivity contribution in [3.8, 4) is 5.75 Å². The van der Waals surface area contributed by atoms with Crippen molar-refractivity contribution in [3.63, 3.8) is 0 Å². The zero-order valence-corrected chi connectivity index (χ0v) is 14.1. The molecule has 2 aliphatic carbocycles. The molecule has 1 unspecified atom stereocenters. The Morgan fingerprint density at radius 2 is 2.13 bits per heavy atom. The van der Waals surface area contributed by atoms with Crippen LogP contribution in [-0.4, -0.2) is 23.5 Å². The molecule has 1 aromatic carbocycles. The summed E-state index contributed by atoms with van der Waals surface area (Å²) in [4.78, 5) is 22.6. The molecular weight excluding hydrogens is 339 g/mol. The van der Waals surface area contributed by atoms with Gasteiger partial charge in [0.2, 0.25) is 0 Å². The lowest BCUT2D eigenvalue weighted by molar-refractivity contribution is -0.139. The number of carboxylic acid groups (broad SMARTS) is 1. The molecule has 0 aliphatic heterocycles. The summed E-state index contributed by atoms with van der Waals surface area (Å²) in [5.74, 6) is -0.699. The zero-order chi connectivity index (χ0) is 16.8. The highest BCUT2D eigenvalue weighted by molar-refractivity contribution is 6.44. The second-order valence-electron chi connectivity index (χ2n) is 6.05. The van der Waals surface area contributed by atoms with Gasteiger partial charge in [-0.05, 0) is 42.5 Å². The highest BCUT2D eigenvalue weighted by Crippen LogP contribution is 2.57. The predicted molar refractivity (Wildman–Crippen MR) is 88.2 cm³/mol. The third kappa shape index (κ3) is 2.64. The van der Waals surface area contributed by atoms with E-state index in [1.165, 1.54) is 0 Å². The number of carboxylic acids is 1. The maximum absolute atomic E-state index is 11.9. The Kier molecular flexibility index (Phi) is 4.15. The van der Waals surface area contributed by atoms with Gasteiger partial charge in [-0.3, -0.25) is 4.79 Å². The van der Waals surface area contributed by atoms with Crippen LogP contribution in [0.1, 0.15) is 37.3 Å². The number of halogens is 2. The third-order valence-electron chi connectivity index (χ3n) is 4.81. The molecule has 0 saturated heterocycles. The van der Waals surface area contributed by atoms with Crippen molar-refractivity contribution in [1.29, 1.82) is 0 Å². The van der Waals surface area contributed by atoms with Gasteiger partial charge in [-0.15, -0.1) is 0 Å². The molecule has 4 nitrogen and oxygen atoms in total. The van der Waals surface area contributed by atoms with Crippen molar-refractivity contribution in [2.24, 2.45) is 5.41 Å². The lowest BCUT2D eigenvalue weighted by Crippen LogP contribution is -2.24. The SMILES string of the molecule is CCC12CCC(=O)C=C1c1c(cc(OCC(=O)O)c(Cl)c1Cl)C2. The molecule has 0 spiro atoms. The number of carbonyl (C=O) groups excluding carboxylic acids is 1. The summed E-state index contributed by atoms with van der Waals surface area (Å²) in [7, 11) is 0. The first kappa shape index (κ1) is 16.3. The number of allylic oxidation sites excluding steroid dienone is 2. The molecule has 3 rings (SSSR count). The topological polar surface area (TPSA) is 63.6 Å². The van der Waals surface area contributed by atoms with Crippen molar-refractivity contribution in [3.05, 3.63) is 33.3 Å². The maximum Gasteiger partial charge on any atom is 0.341 e. The van der Waals surface area contributed by atoms with Crippen molar-refractivity contribution in [1.82, 2.24) is 0 Å². The van der Waals surface area contributed by atoms with Crippen LogP contribution in [0, 0.1) is 5.41 Å². The Hall–Kier alpha value is -1.52. The number of ketones is 1. The Morgan fingerprint density at radius 3 is 2.78 bits per heavy atom. The van der Waals surface area contributed by atoms with Gasteiger partial charge in [0.05, 0.1) is 5.02 Å². The Morgan fingerprint density at radius 1 is 1.39 bits per heavy atom. The molecule has 0 saturated carbocycles. The van der Waals surface area contributed by atoms with Crippen LogP contribution in [0.4, 0.5) is 0 Å². The van der Waals surface area contributed by atoms with Gasteiger partial charge >= 0.3 is 5.97 Å². The number of aliphatic carboxylic acids is 1. The molecule has 1 atom stereocenters. The second kappa shape index (κ2) is 5.84. The first-order valence-corrected chi connectivity index (χ1v) is 8.24. The number of carbonyl (C=O) groups is 2. The van der Waals surface area contributed by atoms with E-state index in [1.807, 2.05) is 0 Å². The van der Waals surface area contributed by atoms with E-state index in [0.29, 0.717) is 11.4 Å². The fourth-order valence-corrected chi connectivity index (χ4v) is 4.11. The Bertz CT molecular complexity index is 739. The van der Waals surface area contributed by atoms with E-state index in [4.69, 9.17) is 33.0 Å². The average molecular weight is 355 g/mol. The van der Waals surface area contributed by atoms with Crippen LogP contribution in [0.3, 0.4) is 0 Å². The Balaban J connectivity index is 2.11. The van der Waals surface area contributed by atoms with E-state index >= 15 is 0 Å². The average Bonchev–Trinajstić information content (AvgIpc) is 2.83. The lowest BCUT2D eigenvalue weighted by atomic mass is 9.71. The van der Waals surface area contributed by atoms with Gasteiger partial charge < -0.3 is 9.84 Å². The van der Waals surface area contributed by atoms with Gasteiger partial charge in [-0.1, -0.05) is 30.1 Å². The summed E-state index contributed by atoms with van der Waals surface area (Å²) in [6.07, 6.45) is 4.69. The molecule has 0 aromatic heterocycles. The van der Waals surface area contributed by atoms with E-state index in [0.717, 1.165) is 36.0 Å². The number of hydrogen-bond donors (Lipinski definition) is 1. The minimum absolute atomic E-state index is 0.0887. The quantitative estimate of drug-likeness (QED) is 0.881. The van der Waals surface area contributed by atoms with E-state index < -0.39 is 12.6 Å². The van der Waals surface area contributed by atoms with E-state index in [1.54, 1.807) is 12.1 Å². The molecule has 6 heteroatoms. The van der Waals surface area contributed by atoms with Crippen LogP contribution in [0.25, 0.3) is 5.57 Å². The minimum Gasteiger partial charge on any atom is -0.480 e. The van der Waals surface area contributed by atoms with Crippen molar-refractivity contribution in [2.45, 2.75) is 32.6 Å². The highest BCUT2D eigenvalue weighted by Gasteiger charge is 2.44. The monoisotopic (exact) mass is 354 g/mol. The maximum atomic E-state index is 11.9. The Labute approximate surface area is 144 Å². The molecule has 23 heavy (non-hydrogen) atoms. The number of hydrogen-bond acceptors (Lipinski definition) is 3. The van der Waals surface area contributed by atoms with Crippen molar-refractivity contribution >= 4 is 40.5 Å². The largest absolute Gasteiger partial charge is 0.480 e. The molecule has 122 valence electrons. The van der Waals surface area contributed by atoms with Crippen molar-refractivity contribution in [2.75, 3.05) is 6.61 Å². The van der Waals surface area contributed by atoms with Crippen molar-refractivity contribution < 1.29 is 19.4 Å². The van der Waals surface area contributed by atoms with Gasteiger partial charge in [0.25, 0.3) is 0 Å². The van der Waals surface area contributed by atoms with Gasteiger partial charge in [0, 0.05) is 17.4 Å². The molecule has 1 N–H and O–H groups in total. The molecule has 0 bridgehead atoms. The van der Waals surface area contributed by atoms with Crippen LogP contribution in [0.15, 0.2) is 12.1 Å². The fraction of sp³-hybridized carbons (Fsp3) is 0.412. The standard InChI is InChI=1S/C17H16Cl2O4/c1-2-17-4-3-10(20)6-11(17)14-9(7-17)5-12(15(18)16(14)19)23-8-13(21)22/h5-6H,2-4,7-8H2,1H3,(H,21,22). The highest BCUT2D eigenvalue weighted by atomic mass is 35.5. The fourth-order valence-electron chi connectivity index (χ4n) is 3.59. The molecular formula is C17H16Cl2O4. The van der Waals surface area contributed by atoms with Gasteiger partial charge in [0.1, 0.15) is 10.8 Å². The van der Waals surface area contributed by atoms with Crippen LogP contribution in [0.2, 0.25) is 10.0 Å². The van der Waals surface area contributed by atoms with E-state index in [-0.39, 0.29) is 22.0 Å². The predicted octanol–water partition coefficient (Wildman–Crippen LogP) is 4.16. The first-order valence-electron chi connectivity index (χ1n) is 7.49. The molecule has 0 fully saturated rings. The molecule has 0 radical (unpaired) electrons. The second-order valence-corrected chi connectivity index (χ2v) is 6.81. The number of fused-ring (bicyclic) bond motifs is 3. The summed E-state index contributed by atoms with van der Waals surface area (Å²) in [6.45, 7) is 1.63. The van der Waals surface area contributed by atoms with Crippen LogP contribution >= 0.6 is 23.2 Å². The third-order valence-corrected chi connectivity index (χ3v) is 5.66. The summed E-state index contributed by atoms with van der Waals surface area (Å²) in [5.41, 5.74) is 2.65. The van der Waals surface area contributed by atoms with E-state index in [9.17, 15) is 9.59 Å². The summed E-state index contributed by atoms with van der Waals surface area (Å²) < 4.78 is 5.24. The van der Waals surface area contributed by atoms with Crippen LogP contribution < -0.4 is 4.74 Å². The van der Waals surface area contributed by atoms with E-state index in [2.05, 4.69) is 6.92 Å². The molecule has 0 amide bonds.